The van der Waals surface area contributed by atoms with Crippen LogP contribution < -0.4 is 29.6 Å². The molecule has 186 valence electrons. The van der Waals surface area contributed by atoms with Gasteiger partial charge in [0, 0.05) is 23.5 Å². The van der Waals surface area contributed by atoms with Crippen molar-refractivity contribution < 1.29 is 66.5 Å². The van der Waals surface area contributed by atoms with Crippen molar-refractivity contribution in [2.45, 2.75) is 52.3 Å². The molecule has 0 amide bonds. The summed E-state index contributed by atoms with van der Waals surface area (Å²) in [6, 6.07) is 5.44. The van der Waals surface area contributed by atoms with Crippen LogP contribution in [0.25, 0.3) is 0 Å². The Bertz CT molecular complexity index is 1120. The minimum Gasteiger partial charge on any atom is -0.463 e. The average Bonchev–Trinajstić information content (AvgIpc) is 2.75. The molecule has 1 atom stereocenters. The minimum atomic E-state index is -4.64. The van der Waals surface area contributed by atoms with Gasteiger partial charge in [-0.25, -0.2) is 9.59 Å². The zero-order chi connectivity index (χ0) is 25.8. The average molecular weight is 520 g/mol. The maximum atomic E-state index is 13.1. The van der Waals surface area contributed by atoms with Crippen molar-refractivity contribution in [3.63, 3.8) is 0 Å². The van der Waals surface area contributed by atoms with E-state index in [2.05, 4.69) is 0 Å². The number of carbonyl (C=O) groups is 2. The molecule has 1 aliphatic heterocycles. The molecular formula is C22H28N2NaO9S+. The minimum absolute atomic E-state index is 0. The van der Waals surface area contributed by atoms with E-state index in [1.165, 1.54) is 49.9 Å². The van der Waals surface area contributed by atoms with Gasteiger partial charge in [-0.15, -0.1) is 0 Å². The number of esters is 2. The quantitative estimate of drug-likeness (QED) is 0.158. The number of carbonyl (C=O) groups excluding carboxylic acids is 2. The Kier molecular flexibility index (Phi) is 11.1. The Balaban J connectivity index is 0.00000612. The zero-order valence-electron chi connectivity index (χ0n) is 20.6. The molecule has 0 aliphatic carbocycles. The summed E-state index contributed by atoms with van der Waals surface area (Å²) in [4.78, 5) is 38.2. The Morgan fingerprint density at radius 2 is 1.57 bits per heavy atom. The number of hydrogen-bond acceptors (Lipinski definition) is 9. The third kappa shape index (κ3) is 6.50. The van der Waals surface area contributed by atoms with Gasteiger partial charge in [-0.2, -0.15) is 8.42 Å². The number of nitro benzene ring substituents is 1. The van der Waals surface area contributed by atoms with E-state index in [1.54, 1.807) is 13.8 Å². The second-order valence-electron chi connectivity index (χ2n) is 7.47. The van der Waals surface area contributed by atoms with Gasteiger partial charge in [0.05, 0.1) is 35.2 Å². The summed E-state index contributed by atoms with van der Waals surface area (Å²) in [6.45, 7) is 7.61. The van der Waals surface area contributed by atoms with Crippen molar-refractivity contribution in [3.8, 4) is 0 Å². The Hall–Kier alpha value is -2.25. The molecule has 35 heavy (non-hydrogen) atoms. The van der Waals surface area contributed by atoms with Crippen molar-refractivity contribution in [2.75, 3.05) is 13.2 Å². The fourth-order valence-corrected chi connectivity index (χ4v) is 5.14. The van der Waals surface area contributed by atoms with Gasteiger partial charge in [-0.3, -0.25) is 14.7 Å². The molecule has 1 aromatic rings. The molecule has 0 saturated heterocycles. The van der Waals surface area contributed by atoms with E-state index in [9.17, 15) is 32.7 Å². The number of rotatable bonds is 9. The maximum absolute atomic E-state index is 13.1. The van der Waals surface area contributed by atoms with Crippen molar-refractivity contribution in [1.82, 2.24) is 4.90 Å². The fourth-order valence-electron chi connectivity index (χ4n) is 4.13. The normalized spacial score (nSPS) is 15.4. The van der Waals surface area contributed by atoms with Crippen LogP contribution >= 0.6 is 0 Å². The number of hydrogen-bond donors (Lipinski definition) is 1. The molecule has 11 nitrogen and oxygen atoms in total. The van der Waals surface area contributed by atoms with E-state index in [-0.39, 0.29) is 83.0 Å². The van der Waals surface area contributed by atoms with Crippen molar-refractivity contribution in [3.05, 3.63) is 62.5 Å². The number of nitrogens with zero attached hydrogens (tertiary/aromatic N) is 2. The van der Waals surface area contributed by atoms with Crippen LogP contribution in [0.15, 0.2) is 46.8 Å². The fraction of sp³-hybridized carbons (Fsp3) is 0.455. The zero-order valence-corrected chi connectivity index (χ0v) is 23.4. The van der Waals surface area contributed by atoms with Crippen LogP contribution in [0.4, 0.5) is 5.69 Å². The van der Waals surface area contributed by atoms with Gasteiger partial charge in [-0.1, -0.05) is 19.1 Å². The molecule has 0 spiro atoms. The maximum Gasteiger partial charge on any atom is 1.00 e. The van der Waals surface area contributed by atoms with Crippen LogP contribution in [0.2, 0.25) is 0 Å². The second kappa shape index (κ2) is 12.6. The molecule has 0 radical (unpaired) electrons. The van der Waals surface area contributed by atoms with E-state index in [4.69, 9.17) is 9.47 Å². The predicted octanol–water partition coefficient (Wildman–Crippen LogP) is 0.296. The summed E-state index contributed by atoms with van der Waals surface area (Å²) < 4.78 is 44.7. The summed E-state index contributed by atoms with van der Waals surface area (Å²) in [6.07, 6.45) is -0.0683. The molecule has 13 heteroatoms. The summed E-state index contributed by atoms with van der Waals surface area (Å²) in [5.41, 5.74) is 0.0794. The van der Waals surface area contributed by atoms with E-state index >= 15 is 0 Å². The standard InChI is InChI=1S/C22H28N2O9S.Na/c1-6-17(34(29,30)31)23-13(4)18(21(25)32-7-2)20(19(14(23)5)22(26)33-8-3)15-10-9-11-16(12-15)24(27)28;/h9-12,17,20H,6-8H2,1-5H3,(H,29,30,31);/q;+1. The second-order valence-corrected chi connectivity index (χ2v) is 9.05. The summed E-state index contributed by atoms with van der Waals surface area (Å²) in [5, 5.41) is 9.89. The van der Waals surface area contributed by atoms with Crippen LogP contribution in [0.1, 0.15) is 52.5 Å². The van der Waals surface area contributed by atoms with Gasteiger partial charge in [0.15, 0.2) is 5.37 Å². The van der Waals surface area contributed by atoms with Crippen molar-refractivity contribution >= 4 is 27.7 Å². The van der Waals surface area contributed by atoms with E-state index in [0.29, 0.717) is 0 Å². The molecule has 0 bridgehead atoms. The van der Waals surface area contributed by atoms with Gasteiger partial charge in [0.1, 0.15) is 0 Å². The molecule has 1 aliphatic rings. The summed E-state index contributed by atoms with van der Waals surface area (Å²) >= 11 is 0. The van der Waals surface area contributed by atoms with Gasteiger partial charge >= 0.3 is 41.5 Å². The smallest absolute Gasteiger partial charge is 0.463 e. The molecule has 0 fully saturated rings. The van der Waals surface area contributed by atoms with E-state index < -0.39 is 38.3 Å². The van der Waals surface area contributed by atoms with Crippen molar-refractivity contribution in [1.29, 1.82) is 0 Å². The molecular weight excluding hydrogens is 491 g/mol. The van der Waals surface area contributed by atoms with Gasteiger partial charge in [0.25, 0.3) is 15.8 Å². The molecule has 2 rings (SSSR count). The largest absolute Gasteiger partial charge is 1.00 e. The topological polar surface area (TPSA) is 153 Å². The summed E-state index contributed by atoms with van der Waals surface area (Å²) in [5.74, 6) is -2.80. The number of benzene rings is 1. The van der Waals surface area contributed by atoms with Crippen LogP contribution in [0.5, 0.6) is 0 Å². The number of allylic oxidation sites excluding steroid dienone is 2. The van der Waals surface area contributed by atoms with Crippen molar-refractivity contribution in [2.24, 2.45) is 0 Å². The monoisotopic (exact) mass is 519 g/mol. The predicted molar refractivity (Wildman–Crippen MR) is 122 cm³/mol. The first-order chi connectivity index (χ1) is 15.9. The Labute approximate surface area is 226 Å². The third-order valence-corrected chi connectivity index (χ3v) is 6.70. The first-order valence-corrected chi connectivity index (χ1v) is 12.2. The van der Waals surface area contributed by atoms with Crippen LogP contribution in [-0.4, -0.2) is 53.3 Å². The first kappa shape index (κ1) is 30.8. The molecule has 0 aromatic heterocycles. The van der Waals surface area contributed by atoms with Gasteiger partial charge in [-0.05, 0) is 39.7 Å². The Morgan fingerprint density at radius 3 is 1.94 bits per heavy atom. The van der Waals surface area contributed by atoms with E-state index in [0.717, 1.165) is 0 Å². The first-order valence-electron chi connectivity index (χ1n) is 10.7. The third-order valence-electron chi connectivity index (χ3n) is 5.47. The van der Waals surface area contributed by atoms with Crippen LogP contribution in [0.3, 0.4) is 0 Å². The summed E-state index contributed by atoms with van der Waals surface area (Å²) in [7, 11) is -4.64. The number of nitro groups is 1. The number of non-ortho nitro benzene ring substituents is 1. The molecule has 1 aromatic carbocycles. The van der Waals surface area contributed by atoms with Crippen LogP contribution in [0, 0.1) is 10.1 Å². The molecule has 1 unspecified atom stereocenters. The molecule has 1 N–H and O–H groups in total. The van der Waals surface area contributed by atoms with Gasteiger partial charge < -0.3 is 14.4 Å². The van der Waals surface area contributed by atoms with Crippen LogP contribution in [-0.2, 0) is 29.2 Å². The molecule has 0 saturated carbocycles. The SMILES string of the molecule is CCOC(=O)C1=C(C)N(C(CC)S(=O)(=O)O)C(C)=C(C(=O)OCC)C1c1cccc([N+](=O)[O-])c1.[Na+]. The molecule has 1 heterocycles. The van der Waals surface area contributed by atoms with Gasteiger partial charge in [0.2, 0.25) is 0 Å². The Morgan fingerprint density at radius 1 is 1.09 bits per heavy atom. The number of ether oxygens (including phenoxy) is 2. The van der Waals surface area contributed by atoms with E-state index in [1.807, 2.05) is 0 Å².